The summed E-state index contributed by atoms with van der Waals surface area (Å²) in [5.41, 5.74) is 0.508. The molecule has 0 saturated carbocycles. The van der Waals surface area contributed by atoms with Gasteiger partial charge in [0, 0.05) is 32.1 Å². The van der Waals surface area contributed by atoms with Crippen LogP contribution in [0.25, 0.3) is 10.9 Å². The van der Waals surface area contributed by atoms with Crippen molar-refractivity contribution >= 4 is 22.6 Å². The number of aryl methyl sites for hydroxylation is 2. The summed E-state index contributed by atoms with van der Waals surface area (Å²) in [5.74, 6) is 1.93. The zero-order valence-corrected chi connectivity index (χ0v) is 18.3. The Kier molecular flexibility index (Phi) is 6.94. The molecule has 0 radical (unpaired) electrons. The minimum atomic E-state index is -0.151. The number of aromatic nitrogens is 4. The number of carbonyl (C=O) groups excluding carboxylic acids is 1. The third-order valence-corrected chi connectivity index (χ3v) is 5.47. The summed E-state index contributed by atoms with van der Waals surface area (Å²) in [6, 6.07) is 9.04. The lowest BCUT2D eigenvalue weighted by Gasteiger charge is -2.28. The molecule has 168 valence electrons. The highest BCUT2D eigenvalue weighted by atomic mass is 16.5. The molecule has 3 aromatic rings. The van der Waals surface area contributed by atoms with E-state index in [2.05, 4.69) is 25.2 Å². The third kappa shape index (κ3) is 5.40. The molecule has 1 amide bonds. The van der Waals surface area contributed by atoms with E-state index in [1.807, 2.05) is 19.1 Å². The van der Waals surface area contributed by atoms with Gasteiger partial charge in [-0.2, -0.15) is 4.98 Å². The van der Waals surface area contributed by atoms with E-state index in [0.717, 1.165) is 18.9 Å². The number of amides is 1. The van der Waals surface area contributed by atoms with Crippen molar-refractivity contribution in [2.45, 2.75) is 39.2 Å². The smallest absolute Gasteiger partial charge is 0.261 e. The number of carbonyl (C=O) groups is 1. The lowest BCUT2D eigenvalue weighted by Crippen LogP contribution is -2.31. The first-order chi connectivity index (χ1) is 15.6. The van der Waals surface area contributed by atoms with Gasteiger partial charge in [-0.25, -0.2) is 9.97 Å². The highest BCUT2D eigenvalue weighted by Crippen LogP contribution is 2.21. The van der Waals surface area contributed by atoms with Crippen molar-refractivity contribution in [1.82, 2.24) is 24.8 Å². The van der Waals surface area contributed by atoms with Crippen molar-refractivity contribution in [3.63, 3.8) is 0 Å². The minimum absolute atomic E-state index is 0.143. The van der Waals surface area contributed by atoms with Gasteiger partial charge in [0.25, 0.3) is 5.56 Å². The van der Waals surface area contributed by atoms with Crippen molar-refractivity contribution in [2.24, 2.45) is 0 Å². The van der Waals surface area contributed by atoms with Gasteiger partial charge in [-0.15, -0.1) is 0 Å². The monoisotopic (exact) mass is 436 g/mol. The number of piperidine rings is 1. The predicted octanol–water partition coefficient (Wildman–Crippen LogP) is 2.07. The number of benzene rings is 1. The van der Waals surface area contributed by atoms with E-state index >= 15 is 0 Å². The molecule has 3 heterocycles. The van der Waals surface area contributed by atoms with E-state index in [1.54, 1.807) is 18.2 Å². The Bertz CT molecular complexity index is 1140. The summed E-state index contributed by atoms with van der Waals surface area (Å²) < 4.78 is 7.20. The Morgan fingerprint density at radius 2 is 1.97 bits per heavy atom. The van der Waals surface area contributed by atoms with Crippen molar-refractivity contribution in [3.8, 4) is 5.88 Å². The summed E-state index contributed by atoms with van der Waals surface area (Å²) in [6.45, 7) is 4.79. The molecular formula is C23H28N6O3. The molecular weight excluding hydrogens is 408 g/mol. The molecule has 0 atom stereocenters. The van der Waals surface area contributed by atoms with Gasteiger partial charge in [-0.1, -0.05) is 12.1 Å². The van der Waals surface area contributed by atoms with Gasteiger partial charge in [0.2, 0.25) is 11.8 Å². The maximum Gasteiger partial charge on any atom is 0.261 e. The number of para-hydroxylation sites is 1. The maximum absolute atomic E-state index is 12.5. The van der Waals surface area contributed by atoms with Gasteiger partial charge in [0.15, 0.2) is 0 Å². The maximum atomic E-state index is 12.5. The van der Waals surface area contributed by atoms with Crippen LogP contribution in [0.15, 0.2) is 41.5 Å². The van der Waals surface area contributed by atoms with Gasteiger partial charge in [0.05, 0.1) is 23.8 Å². The molecule has 0 unspecified atom stereocenters. The highest BCUT2D eigenvalue weighted by Gasteiger charge is 2.14. The lowest BCUT2D eigenvalue weighted by molar-refractivity contribution is -0.121. The van der Waals surface area contributed by atoms with Gasteiger partial charge >= 0.3 is 0 Å². The van der Waals surface area contributed by atoms with Crippen LogP contribution in [0.3, 0.4) is 0 Å². The van der Waals surface area contributed by atoms with Crippen molar-refractivity contribution in [1.29, 1.82) is 0 Å². The van der Waals surface area contributed by atoms with Crippen LogP contribution < -0.4 is 20.5 Å². The summed E-state index contributed by atoms with van der Waals surface area (Å²) in [5, 5.41) is 3.37. The molecule has 0 spiro atoms. The Morgan fingerprint density at radius 3 is 2.81 bits per heavy atom. The van der Waals surface area contributed by atoms with E-state index in [4.69, 9.17) is 4.74 Å². The quantitative estimate of drug-likeness (QED) is 0.539. The Hall–Kier alpha value is -3.49. The number of hydrogen-bond donors (Lipinski definition) is 1. The average molecular weight is 437 g/mol. The van der Waals surface area contributed by atoms with E-state index in [0.29, 0.717) is 35.8 Å². The molecule has 1 aromatic carbocycles. The van der Waals surface area contributed by atoms with E-state index in [1.165, 1.54) is 30.2 Å². The van der Waals surface area contributed by atoms with E-state index in [-0.39, 0.29) is 24.4 Å². The second kappa shape index (κ2) is 10.2. The van der Waals surface area contributed by atoms with Crippen molar-refractivity contribution in [2.75, 3.05) is 31.1 Å². The minimum Gasteiger partial charge on any atom is -0.476 e. The first-order valence-electron chi connectivity index (χ1n) is 11.0. The Morgan fingerprint density at radius 1 is 1.16 bits per heavy atom. The Labute approximate surface area is 186 Å². The van der Waals surface area contributed by atoms with Crippen LogP contribution >= 0.6 is 0 Å². The lowest BCUT2D eigenvalue weighted by atomic mass is 10.1. The molecule has 1 saturated heterocycles. The molecule has 1 aliphatic rings. The van der Waals surface area contributed by atoms with E-state index in [9.17, 15) is 9.59 Å². The largest absolute Gasteiger partial charge is 0.476 e. The first kappa shape index (κ1) is 21.7. The van der Waals surface area contributed by atoms with E-state index < -0.39 is 0 Å². The number of anilines is 1. The van der Waals surface area contributed by atoms with Crippen LogP contribution in [0.4, 0.5) is 5.82 Å². The molecule has 9 heteroatoms. The number of ether oxygens (including phenoxy) is 1. The second-order valence-electron chi connectivity index (χ2n) is 7.87. The van der Waals surface area contributed by atoms with Crippen LogP contribution in [0.2, 0.25) is 0 Å². The molecule has 32 heavy (non-hydrogen) atoms. The number of nitrogens with one attached hydrogen (secondary N) is 1. The summed E-state index contributed by atoms with van der Waals surface area (Å²) in [4.78, 5) is 40.1. The van der Waals surface area contributed by atoms with Crippen LogP contribution in [0.5, 0.6) is 5.88 Å². The standard InChI is InChI=1S/C23H28N6O3/c1-17-26-20(28-11-5-2-6-12-28)15-22(27-17)32-14-10-24-21(30)9-13-29-16-25-19-8-4-3-7-18(19)23(29)31/h3-4,7-8,15-16H,2,5-6,9-14H2,1H3,(H,24,30). The van der Waals surface area contributed by atoms with Crippen LogP contribution in [-0.4, -0.2) is 51.7 Å². The predicted molar refractivity (Wildman–Crippen MR) is 122 cm³/mol. The fourth-order valence-corrected chi connectivity index (χ4v) is 3.81. The summed E-state index contributed by atoms with van der Waals surface area (Å²) >= 11 is 0. The van der Waals surface area contributed by atoms with Crippen LogP contribution in [-0.2, 0) is 11.3 Å². The number of hydrogen-bond acceptors (Lipinski definition) is 7. The van der Waals surface area contributed by atoms with Crippen molar-refractivity contribution in [3.05, 3.63) is 52.8 Å². The molecule has 0 bridgehead atoms. The third-order valence-electron chi connectivity index (χ3n) is 5.47. The average Bonchev–Trinajstić information content (AvgIpc) is 2.82. The fourth-order valence-electron chi connectivity index (χ4n) is 3.81. The molecule has 9 nitrogen and oxygen atoms in total. The molecule has 1 fully saturated rings. The number of nitrogens with zero attached hydrogens (tertiary/aromatic N) is 5. The fraction of sp³-hybridized carbons (Fsp3) is 0.435. The zero-order valence-electron chi connectivity index (χ0n) is 18.3. The van der Waals surface area contributed by atoms with Gasteiger partial charge in [0.1, 0.15) is 18.2 Å². The summed E-state index contributed by atoms with van der Waals surface area (Å²) in [6.07, 6.45) is 5.28. The number of rotatable bonds is 8. The number of fused-ring (bicyclic) bond motifs is 1. The van der Waals surface area contributed by atoms with Gasteiger partial charge < -0.3 is 15.0 Å². The molecule has 0 aliphatic carbocycles. The molecule has 1 N–H and O–H groups in total. The molecule has 1 aliphatic heterocycles. The first-order valence-corrected chi connectivity index (χ1v) is 11.0. The highest BCUT2D eigenvalue weighted by molar-refractivity contribution is 5.77. The molecule has 4 rings (SSSR count). The normalized spacial score (nSPS) is 13.8. The van der Waals surface area contributed by atoms with Crippen LogP contribution in [0, 0.1) is 6.92 Å². The van der Waals surface area contributed by atoms with Gasteiger partial charge in [-0.3, -0.25) is 14.2 Å². The Balaban J connectivity index is 1.24. The topological polar surface area (TPSA) is 102 Å². The second-order valence-corrected chi connectivity index (χ2v) is 7.87. The summed E-state index contributed by atoms with van der Waals surface area (Å²) in [7, 11) is 0. The van der Waals surface area contributed by atoms with Crippen molar-refractivity contribution < 1.29 is 9.53 Å². The SMILES string of the molecule is Cc1nc(OCCNC(=O)CCn2cnc3ccccc3c2=O)cc(N2CCCCC2)n1. The van der Waals surface area contributed by atoms with Crippen LogP contribution in [0.1, 0.15) is 31.5 Å². The zero-order chi connectivity index (χ0) is 22.3. The van der Waals surface area contributed by atoms with Gasteiger partial charge in [-0.05, 0) is 38.3 Å². The molecule has 2 aromatic heterocycles.